The predicted molar refractivity (Wildman–Crippen MR) is 100 cm³/mol. The number of nitrogens with zero attached hydrogens (tertiary/aromatic N) is 3. The van der Waals surface area contributed by atoms with E-state index < -0.39 is 0 Å². The zero-order valence-corrected chi connectivity index (χ0v) is 15.4. The number of carbonyl (C=O) groups excluding carboxylic acids is 2. The van der Waals surface area contributed by atoms with Crippen LogP contribution in [0.3, 0.4) is 0 Å². The van der Waals surface area contributed by atoms with Gasteiger partial charge in [0.15, 0.2) is 0 Å². The van der Waals surface area contributed by atoms with Crippen LogP contribution in [0.4, 0.5) is 10.5 Å². The summed E-state index contributed by atoms with van der Waals surface area (Å²) in [4.78, 5) is 30.3. The molecule has 0 spiro atoms. The lowest BCUT2D eigenvalue weighted by Crippen LogP contribution is -2.41. The fourth-order valence-corrected chi connectivity index (χ4v) is 3.28. The maximum absolute atomic E-state index is 12.5. The van der Waals surface area contributed by atoms with Gasteiger partial charge in [0.2, 0.25) is 5.91 Å². The lowest BCUT2D eigenvalue weighted by Gasteiger charge is -2.26. The highest BCUT2D eigenvalue weighted by molar-refractivity contribution is 5.96. The van der Waals surface area contributed by atoms with Crippen LogP contribution in [0.25, 0.3) is 0 Å². The molecule has 1 aromatic carbocycles. The molecule has 1 N–H and O–H groups in total. The molecular weight excluding hydrogens is 332 g/mol. The fourth-order valence-electron chi connectivity index (χ4n) is 3.28. The molecule has 142 valence electrons. The van der Waals surface area contributed by atoms with Crippen LogP contribution in [0.1, 0.15) is 12.0 Å². The summed E-state index contributed by atoms with van der Waals surface area (Å²) in [6, 6.07) is 7.78. The minimum absolute atomic E-state index is 0.0916. The van der Waals surface area contributed by atoms with E-state index in [2.05, 4.69) is 10.2 Å². The number of urea groups is 1. The van der Waals surface area contributed by atoms with Crippen molar-refractivity contribution in [1.82, 2.24) is 15.1 Å². The zero-order chi connectivity index (χ0) is 18.4. The number of benzene rings is 1. The molecule has 2 fully saturated rings. The normalized spacial score (nSPS) is 18.4. The molecule has 0 aliphatic carbocycles. The maximum Gasteiger partial charge on any atom is 0.325 e. The topological polar surface area (TPSA) is 65.1 Å². The number of nitrogens with one attached hydrogen (secondary N) is 1. The van der Waals surface area contributed by atoms with Gasteiger partial charge < -0.3 is 15.0 Å². The first-order chi connectivity index (χ1) is 12.6. The van der Waals surface area contributed by atoms with E-state index in [9.17, 15) is 9.59 Å². The summed E-state index contributed by atoms with van der Waals surface area (Å²) in [6.45, 7) is 8.45. The van der Waals surface area contributed by atoms with E-state index >= 15 is 0 Å². The van der Waals surface area contributed by atoms with Crippen molar-refractivity contribution in [3.8, 4) is 0 Å². The van der Waals surface area contributed by atoms with Gasteiger partial charge >= 0.3 is 6.03 Å². The number of hydrogen-bond acceptors (Lipinski definition) is 4. The molecule has 0 atom stereocenters. The molecule has 2 saturated heterocycles. The minimum atomic E-state index is -0.0997. The molecule has 0 saturated carbocycles. The summed E-state index contributed by atoms with van der Waals surface area (Å²) in [5, 5.41) is 2.92. The van der Waals surface area contributed by atoms with E-state index in [1.165, 1.54) is 0 Å². The summed E-state index contributed by atoms with van der Waals surface area (Å²) in [7, 11) is 0. The van der Waals surface area contributed by atoms with Crippen molar-refractivity contribution in [3.05, 3.63) is 29.8 Å². The summed E-state index contributed by atoms with van der Waals surface area (Å²) >= 11 is 0. The van der Waals surface area contributed by atoms with Gasteiger partial charge in [-0.15, -0.1) is 0 Å². The van der Waals surface area contributed by atoms with Crippen molar-refractivity contribution in [1.29, 1.82) is 0 Å². The van der Waals surface area contributed by atoms with Gasteiger partial charge in [0.05, 0.1) is 13.2 Å². The molecule has 3 amide bonds. The van der Waals surface area contributed by atoms with E-state index in [0.29, 0.717) is 19.6 Å². The first-order valence-corrected chi connectivity index (χ1v) is 9.33. The molecule has 3 rings (SSSR count). The molecule has 0 bridgehead atoms. The van der Waals surface area contributed by atoms with Crippen molar-refractivity contribution < 1.29 is 14.3 Å². The molecule has 2 aliphatic heterocycles. The molecule has 2 aliphatic rings. The molecule has 2 heterocycles. The van der Waals surface area contributed by atoms with Gasteiger partial charge in [-0.25, -0.2) is 4.79 Å². The number of amides is 3. The number of rotatable bonds is 7. The Bertz CT molecular complexity index is 614. The average molecular weight is 360 g/mol. The Morgan fingerprint density at radius 2 is 1.85 bits per heavy atom. The van der Waals surface area contributed by atoms with Crippen molar-refractivity contribution >= 4 is 17.6 Å². The molecule has 0 unspecified atom stereocenters. The molecule has 26 heavy (non-hydrogen) atoms. The SMILES string of the molecule is Cc1ccc(N2CCN(CC(=O)NCCCN3CCOCC3)C2=O)cc1. The van der Waals surface area contributed by atoms with Gasteiger partial charge in [0, 0.05) is 38.4 Å². The Hall–Kier alpha value is -2.12. The van der Waals surface area contributed by atoms with Crippen LogP contribution in [0.5, 0.6) is 0 Å². The highest BCUT2D eigenvalue weighted by Gasteiger charge is 2.30. The number of aryl methyl sites for hydroxylation is 1. The van der Waals surface area contributed by atoms with Crippen LogP contribution in [-0.2, 0) is 9.53 Å². The smallest absolute Gasteiger partial charge is 0.325 e. The number of ether oxygens (including phenoxy) is 1. The van der Waals surface area contributed by atoms with Crippen LogP contribution < -0.4 is 10.2 Å². The highest BCUT2D eigenvalue weighted by atomic mass is 16.5. The summed E-state index contributed by atoms with van der Waals surface area (Å²) in [5.41, 5.74) is 2.04. The van der Waals surface area contributed by atoms with Crippen LogP contribution in [0.15, 0.2) is 24.3 Å². The summed E-state index contributed by atoms with van der Waals surface area (Å²) < 4.78 is 5.32. The third-order valence-corrected chi connectivity index (χ3v) is 4.85. The van der Waals surface area contributed by atoms with Gasteiger partial charge in [-0.1, -0.05) is 17.7 Å². The van der Waals surface area contributed by atoms with Gasteiger partial charge in [-0.05, 0) is 32.0 Å². The molecule has 0 aromatic heterocycles. The molecule has 7 heteroatoms. The van der Waals surface area contributed by atoms with Crippen molar-refractivity contribution in [2.75, 3.05) is 63.9 Å². The Balaban J connectivity index is 1.37. The minimum Gasteiger partial charge on any atom is -0.379 e. The second kappa shape index (κ2) is 9.00. The molecule has 0 radical (unpaired) electrons. The first kappa shape index (κ1) is 18.7. The lowest BCUT2D eigenvalue weighted by molar-refractivity contribution is -0.121. The van der Waals surface area contributed by atoms with Crippen LogP contribution in [0, 0.1) is 6.92 Å². The molecule has 7 nitrogen and oxygen atoms in total. The van der Waals surface area contributed by atoms with E-state index in [0.717, 1.165) is 50.5 Å². The van der Waals surface area contributed by atoms with Gasteiger partial charge in [-0.3, -0.25) is 14.6 Å². The first-order valence-electron chi connectivity index (χ1n) is 9.33. The summed E-state index contributed by atoms with van der Waals surface area (Å²) in [6.07, 6.45) is 0.912. The largest absolute Gasteiger partial charge is 0.379 e. The van der Waals surface area contributed by atoms with Crippen molar-refractivity contribution in [2.24, 2.45) is 0 Å². The van der Waals surface area contributed by atoms with Crippen LogP contribution in [0.2, 0.25) is 0 Å². The maximum atomic E-state index is 12.5. The molecule has 1 aromatic rings. The second-order valence-electron chi connectivity index (χ2n) is 6.85. The standard InChI is InChI=1S/C19H28N4O3/c1-16-3-5-17(6-4-16)23-10-9-22(19(23)25)15-18(24)20-7-2-8-21-11-13-26-14-12-21/h3-6H,2,7-15H2,1H3,(H,20,24). The second-order valence-corrected chi connectivity index (χ2v) is 6.85. The number of anilines is 1. The molecular formula is C19H28N4O3. The Morgan fingerprint density at radius 3 is 2.58 bits per heavy atom. The third kappa shape index (κ3) is 4.95. The number of carbonyl (C=O) groups is 2. The van der Waals surface area contributed by atoms with E-state index in [1.807, 2.05) is 31.2 Å². The number of morpholine rings is 1. The van der Waals surface area contributed by atoms with Crippen LogP contribution >= 0.6 is 0 Å². The average Bonchev–Trinajstić information content (AvgIpc) is 3.01. The lowest BCUT2D eigenvalue weighted by atomic mass is 10.2. The van der Waals surface area contributed by atoms with E-state index in [1.54, 1.807) is 9.80 Å². The third-order valence-electron chi connectivity index (χ3n) is 4.85. The van der Waals surface area contributed by atoms with Crippen molar-refractivity contribution in [3.63, 3.8) is 0 Å². The fraction of sp³-hybridized carbons (Fsp3) is 0.579. The van der Waals surface area contributed by atoms with Crippen LogP contribution in [-0.4, -0.2) is 80.8 Å². The zero-order valence-electron chi connectivity index (χ0n) is 15.4. The summed E-state index contributed by atoms with van der Waals surface area (Å²) in [5.74, 6) is -0.0916. The Kier molecular flexibility index (Phi) is 6.46. The van der Waals surface area contributed by atoms with Gasteiger partial charge in [0.1, 0.15) is 6.54 Å². The van der Waals surface area contributed by atoms with E-state index in [4.69, 9.17) is 4.74 Å². The highest BCUT2D eigenvalue weighted by Crippen LogP contribution is 2.20. The monoisotopic (exact) mass is 360 g/mol. The quantitative estimate of drug-likeness (QED) is 0.739. The Morgan fingerprint density at radius 1 is 1.12 bits per heavy atom. The Labute approximate surface area is 154 Å². The van der Waals surface area contributed by atoms with E-state index in [-0.39, 0.29) is 18.5 Å². The van der Waals surface area contributed by atoms with Crippen molar-refractivity contribution in [2.45, 2.75) is 13.3 Å². The predicted octanol–water partition coefficient (Wildman–Crippen LogP) is 1.08. The number of hydrogen-bond donors (Lipinski definition) is 1. The van der Waals surface area contributed by atoms with Gasteiger partial charge in [-0.2, -0.15) is 0 Å². The van der Waals surface area contributed by atoms with Gasteiger partial charge in [0.25, 0.3) is 0 Å².